The van der Waals surface area contributed by atoms with Crippen molar-refractivity contribution in [1.29, 1.82) is 0 Å². The Morgan fingerprint density at radius 3 is 2.79 bits per heavy atom. The quantitative estimate of drug-likeness (QED) is 0.862. The third-order valence-electron chi connectivity index (χ3n) is 3.99. The van der Waals surface area contributed by atoms with Crippen molar-refractivity contribution < 1.29 is 9.18 Å². The number of benzene rings is 1. The van der Waals surface area contributed by atoms with E-state index in [9.17, 15) is 9.18 Å². The highest BCUT2D eigenvalue weighted by atomic mass is 79.9. The van der Waals surface area contributed by atoms with Gasteiger partial charge in [0.05, 0.1) is 4.47 Å². The average Bonchev–Trinajstić information content (AvgIpc) is 2.35. The largest absolute Gasteiger partial charge is 0.349 e. The van der Waals surface area contributed by atoms with Gasteiger partial charge in [-0.15, -0.1) is 0 Å². The second-order valence-electron chi connectivity index (χ2n) is 5.89. The van der Waals surface area contributed by atoms with E-state index in [1.165, 1.54) is 24.6 Å². The van der Waals surface area contributed by atoms with Gasteiger partial charge in [-0.25, -0.2) is 4.39 Å². The second-order valence-corrected chi connectivity index (χ2v) is 6.74. The number of nitrogens with one attached hydrogen (secondary N) is 1. The Morgan fingerprint density at radius 1 is 1.42 bits per heavy atom. The molecule has 2 nitrogen and oxygen atoms in total. The predicted octanol–water partition coefficient (Wildman–Crippen LogP) is 4.29. The van der Waals surface area contributed by atoms with Crippen LogP contribution in [0.1, 0.15) is 49.9 Å². The molecule has 1 saturated carbocycles. The Hall–Kier alpha value is -0.900. The van der Waals surface area contributed by atoms with Gasteiger partial charge >= 0.3 is 0 Å². The number of carbonyl (C=O) groups is 1. The molecule has 0 heterocycles. The molecule has 1 aromatic rings. The van der Waals surface area contributed by atoms with Crippen LogP contribution in [0.25, 0.3) is 0 Å². The van der Waals surface area contributed by atoms with E-state index in [0.717, 1.165) is 19.3 Å². The van der Waals surface area contributed by atoms with Crippen molar-refractivity contribution in [2.75, 3.05) is 0 Å². The van der Waals surface area contributed by atoms with Crippen molar-refractivity contribution in [3.05, 3.63) is 34.1 Å². The van der Waals surface area contributed by atoms with E-state index in [1.54, 1.807) is 0 Å². The number of amides is 1. The molecule has 1 N–H and O–H groups in total. The Labute approximate surface area is 121 Å². The van der Waals surface area contributed by atoms with Gasteiger partial charge in [-0.2, -0.15) is 0 Å². The van der Waals surface area contributed by atoms with E-state index < -0.39 is 0 Å². The first-order valence-electron chi connectivity index (χ1n) is 6.66. The summed E-state index contributed by atoms with van der Waals surface area (Å²) in [6.07, 6.45) is 4.52. The van der Waals surface area contributed by atoms with E-state index in [0.29, 0.717) is 10.0 Å². The molecule has 0 aliphatic heterocycles. The van der Waals surface area contributed by atoms with Crippen LogP contribution in [0.4, 0.5) is 4.39 Å². The van der Waals surface area contributed by atoms with Gasteiger partial charge in [-0.3, -0.25) is 4.79 Å². The maximum Gasteiger partial charge on any atom is 0.251 e. The van der Waals surface area contributed by atoms with E-state index in [4.69, 9.17) is 0 Å². The molecule has 2 rings (SSSR count). The first kappa shape index (κ1) is 14.5. The maximum atomic E-state index is 13.2. The molecule has 0 radical (unpaired) electrons. The van der Waals surface area contributed by atoms with Crippen LogP contribution < -0.4 is 5.32 Å². The van der Waals surface area contributed by atoms with Crippen molar-refractivity contribution >= 4 is 21.8 Å². The first-order chi connectivity index (χ1) is 8.90. The van der Waals surface area contributed by atoms with E-state index in [1.807, 2.05) is 0 Å². The molecule has 1 fully saturated rings. The van der Waals surface area contributed by atoms with Crippen LogP contribution >= 0.6 is 15.9 Å². The fourth-order valence-electron chi connectivity index (χ4n) is 2.64. The lowest BCUT2D eigenvalue weighted by Gasteiger charge is -2.39. The van der Waals surface area contributed by atoms with Gasteiger partial charge in [0.2, 0.25) is 0 Å². The van der Waals surface area contributed by atoms with Gasteiger partial charge in [0.25, 0.3) is 5.91 Å². The average molecular weight is 328 g/mol. The number of rotatable bonds is 2. The summed E-state index contributed by atoms with van der Waals surface area (Å²) in [5.74, 6) is -0.477. The van der Waals surface area contributed by atoms with Crippen LogP contribution in [0.5, 0.6) is 0 Å². The molecule has 0 bridgehead atoms. The smallest absolute Gasteiger partial charge is 0.251 e. The van der Waals surface area contributed by atoms with E-state index >= 15 is 0 Å². The molecule has 1 amide bonds. The van der Waals surface area contributed by atoms with Gasteiger partial charge in [-0.1, -0.05) is 26.7 Å². The zero-order valence-corrected chi connectivity index (χ0v) is 12.9. The highest BCUT2D eigenvalue weighted by molar-refractivity contribution is 9.10. The molecule has 1 atom stereocenters. The zero-order chi connectivity index (χ0) is 14.0. The summed E-state index contributed by atoms with van der Waals surface area (Å²) >= 11 is 3.11. The number of carbonyl (C=O) groups excluding carboxylic acids is 1. The molecule has 1 aromatic carbocycles. The molecule has 0 spiro atoms. The second kappa shape index (κ2) is 5.61. The molecule has 1 aliphatic rings. The monoisotopic (exact) mass is 327 g/mol. The first-order valence-corrected chi connectivity index (χ1v) is 7.45. The van der Waals surface area contributed by atoms with Gasteiger partial charge < -0.3 is 5.32 Å². The van der Waals surface area contributed by atoms with Crippen LogP contribution in [0.3, 0.4) is 0 Å². The molecule has 19 heavy (non-hydrogen) atoms. The van der Waals surface area contributed by atoms with Crippen LogP contribution in [0, 0.1) is 11.2 Å². The third kappa shape index (κ3) is 3.35. The summed E-state index contributed by atoms with van der Waals surface area (Å²) < 4.78 is 13.5. The Kier molecular flexibility index (Phi) is 4.29. The van der Waals surface area contributed by atoms with Gasteiger partial charge in [0.15, 0.2) is 0 Å². The van der Waals surface area contributed by atoms with Crippen molar-refractivity contribution in [3.8, 4) is 0 Å². The lowest BCUT2D eigenvalue weighted by molar-refractivity contribution is 0.0853. The molecule has 0 aromatic heterocycles. The summed E-state index contributed by atoms with van der Waals surface area (Å²) in [6.45, 7) is 4.38. The Balaban J connectivity index is 2.10. The Bertz CT molecular complexity index is 487. The van der Waals surface area contributed by atoms with E-state index in [-0.39, 0.29) is 23.2 Å². The highest BCUT2D eigenvalue weighted by Gasteiger charge is 2.33. The molecule has 1 aliphatic carbocycles. The zero-order valence-electron chi connectivity index (χ0n) is 11.3. The fourth-order valence-corrected chi connectivity index (χ4v) is 3.02. The number of hydrogen-bond acceptors (Lipinski definition) is 1. The Morgan fingerprint density at radius 2 is 2.16 bits per heavy atom. The minimum absolute atomic E-state index is 0.124. The summed E-state index contributed by atoms with van der Waals surface area (Å²) in [4.78, 5) is 12.2. The minimum atomic E-state index is -0.352. The van der Waals surface area contributed by atoms with Gasteiger partial charge in [-0.05, 0) is 52.4 Å². The van der Waals surface area contributed by atoms with Gasteiger partial charge in [0, 0.05) is 11.6 Å². The molecular formula is C15H19BrFNO. The van der Waals surface area contributed by atoms with Crippen LogP contribution in [0.15, 0.2) is 22.7 Å². The predicted molar refractivity (Wildman–Crippen MR) is 77.6 cm³/mol. The topological polar surface area (TPSA) is 29.1 Å². The molecule has 0 saturated heterocycles. The lowest BCUT2D eigenvalue weighted by atomic mass is 9.73. The van der Waals surface area contributed by atoms with Crippen LogP contribution in [0.2, 0.25) is 0 Å². The van der Waals surface area contributed by atoms with Crippen LogP contribution in [-0.2, 0) is 0 Å². The molecule has 104 valence electrons. The van der Waals surface area contributed by atoms with Crippen molar-refractivity contribution in [3.63, 3.8) is 0 Å². The fraction of sp³-hybridized carbons (Fsp3) is 0.533. The van der Waals surface area contributed by atoms with Crippen molar-refractivity contribution in [2.24, 2.45) is 5.41 Å². The molecule has 1 unspecified atom stereocenters. The summed E-state index contributed by atoms with van der Waals surface area (Å²) in [5.41, 5.74) is 0.625. The standard InChI is InChI=1S/C15H19BrFNO/c1-15(2)8-4-3-5-13(15)18-14(19)10-6-7-12(17)11(16)9-10/h6-7,9,13H,3-5,8H2,1-2H3,(H,18,19). The molecular weight excluding hydrogens is 309 g/mol. The van der Waals surface area contributed by atoms with Crippen molar-refractivity contribution in [1.82, 2.24) is 5.32 Å². The SMILES string of the molecule is CC1(C)CCCCC1NC(=O)c1ccc(F)c(Br)c1. The van der Waals surface area contributed by atoms with Crippen LogP contribution in [-0.4, -0.2) is 11.9 Å². The molecule has 4 heteroatoms. The normalized spacial score (nSPS) is 22.0. The minimum Gasteiger partial charge on any atom is -0.349 e. The highest BCUT2D eigenvalue weighted by Crippen LogP contribution is 2.35. The number of halogens is 2. The lowest BCUT2D eigenvalue weighted by Crippen LogP contribution is -2.46. The summed E-state index contributed by atoms with van der Waals surface area (Å²) in [5, 5.41) is 3.09. The van der Waals surface area contributed by atoms with Crippen molar-refractivity contribution in [2.45, 2.75) is 45.6 Å². The maximum absolute atomic E-state index is 13.2. The van der Waals surface area contributed by atoms with E-state index in [2.05, 4.69) is 35.1 Å². The summed E-state index contributed by atoms with van der Waals surface area (Å²) in [6, 6.07) is 4.55. The summed E-state index contributed by atoms with van der Waals surface area (Å²) in [7, 11) is 0. The number of hydrogen-bond donors (Lipinski definition) is 1. The van der Waals surface area contributed by atoms with Gasteiger partial charge in [0.1, 0.15) is 5.82 Å². The third-order valence-corrected chi connectivity index (χ3v) is 4.60.